The van der Waals surface area contributed by atoms with Crippen molar-refractivity contribution in [2.45, 2.75) is 41.4 Å². The molecular formula is C13H14BrClN2O2S. The predicted octanol–water partition coefficient (Wildman–Crippen LogP) is 3.20. The zero-order chi connectivity index (χ0) is 14.8. The van der Waals surface area contributed by atoms with Crippen LogP contribution in [-0.4, -0.2) is 19.3 Å². The summed E-state index contributed by atoms with van der Waals surface area (Å²) < 4.78 is 27.4. The van der Waals surface area contributed by atoms with Gasteiger partial charge in [-0.1, -0.05) is 40.4 Å². The second-order valence-electron chi connectivity index (χ2n) is 4.79. The van der Waals surface area contributed by atoms with E-state index in [2.05, 4.69) is 20.7 Å². The van der Waals surface area contributed by atoms with Gasteiger partial charge >= 0.3 is 0 Å². The topological polar surface area (TPSA) is 70.0 Å². The molecule has 0 aromatic heterocycles. The Bertz CT molecular complexity index is 642. The van der Waals surface area contributed by atoms with Crippen molar-refractivity contribution in [3.63, 3.8) is 0 Å². The van der Waals surface area contributed by atoms with E-state index >= 15 is 0 Å². The molecule has 108 valence electrons. The lowest BCUT2D eigenvalue weighted by atomic mass is 9.96. The van der Waals surface area contributed by atoms with E-state index < -0.39 is 10.0 Å². The van der Waals surface area contributed by atoms with E-state index in [4.69, 9.17) is 16.9 Å². The molecule has 20 heavy (non-hydrogen) atoms. The first-order chi connectivity index (χ1) is 9.44. The number of nitrogens with one attached hydrogen (secondary N) is 1. The summed E-state index contributed by atoms with van der Waals surface area (Å²) in [6.45, 7) is 0. The van der Waals surface area contributed by atoms with Gasteiger partial charge in [0.15, 0.2) is 0 Å². The van der Waals surface area contributed by atoms with Gasteiger partial charge in [0.2, 0.25) is 10.0 Å². The zero-order valence-electron chi connectivity index (χ0n) is 10.6. The lowest BCUT2D eigenvalue weighted by Gasteiger charge is -2.28. The lowest BCUT2D eigenvalue weighted by Crippen LogP contribution is -2.42. The fraction of sp³-hybridized carbons (Fsp3) is 0.462. The van der Waals surface area contributed by atoms with Crippen LogP contribution in [-0.2, 0) is 10.0 Å². The van der Waals surface area contributed by atoms with Crippen molar-refractivity contribution in [2.75, 3.05) is 0 Å². The SMILES string of the molecule is N#Cc1ccc(S(=O)(=O)NC2CCCCC2Br)c(Cl)c1. The summed E-state index contributed by atoms with van der Waals surface area (Å²) in [6, 6.07) is 5.99. The Morgan fingerprint density at radius 1 is 1.35 bits per heavy atom. The number of halogens is 2. The van der Waals surface area contributed by atoms with E-state index in [1.54, 1.807) is 0 Å². The third-order valence-electron chi connectivity index (χ3n) is 3.34. The number of alkyl halides is 1. The number of hydrogen-bond donors (Lipinski definition) is 1. The number of sulfonamides is 1. The van der Waals surface area contributed by atoms with Gasteiger partial charge < -0.3 is 0 Å². The first kappa shape index (κ1) is 15.8. The lowest BCUT2D eigenvalue weighted by molar-refractivity contribution is 0.427. The van der Waals surface area contributed by atoms with Crippen LogP contribution in [0.15, 0.2) is 23.1 Å². The molecule has 1 saturated carbocycles. The van der Waals surface area contributed by atoms with Crippen LogP contribution in [0.3, 0.4) is 0 Å². The van der Waals surface area contributed by atoms with E-state index in [1.165, 1.54) is 18.2 Å². The van der Waals surface area contributed by atoms with Gasteiger partial charge in [0.1, 0.15) is 4.90 Å². The van der Waals surface area contributed by atoms with Gasteiger partial charge in [-0.3, -0.25) is 0 Å². The Morgan fingerprint density at radius 2 is 2.05 bits per heavy atom. The maximum atomic E-state index is 12.4. The molecule has 0 aliphatic heterocycles. The molecule has 2 atom stereocenters. The fourth-order valence-electron chi connectivity index (χ4n) is 2.27. The summed E-state index contributed by atoms with van der Waals surface area (Å²) in [5.41, 5.74) is 0.338. The van der Waals surface area contributed by atoms with Crippen molar-refractivity contribution >= 4 is 37.6 Å². The van der Waals surface area contributed by atoms with Crippen molar-refractivity contribution in [3.05, 3.63) is 28.8 Å². The minimum Gasteiger partial charge on any atom is -0.207 e. The fourth-order valence-corrected chi connectivity index (χ4v) is 5.02. The van der Waals surface area contributed by atoms with E-state index in [-0.39, 0.29) is 20.8 Å². The third-order valence-corrected chi connectivity index (χ3v) is 6.41. The van der Waals surface area contributed by atoms with Gasteiger partial charge in [-0.15, -0.1) is 0 Å². The molecule has 0 spiro atoms. The van der Waals surface area contributed by atoms with Crippen LogP contribution in [0, 0.1) is 11.3 Å². The Kier molecular flexibility index (Phi) is 5.08. The standard InChI is InChI=1S/C13H14BrClN2O2S/c14-10-3-1-2-4-12(10)17-20(18,19)13-6-5-9(8-16)7-11(13)15/h5-7,10,12,17H,1-4H2. The minimum absolute atomic E-state index is 0.0171. The van der Waals surface area contributed by atoms with Crippen LogP contribution in [0.2, 0.25) is 5.02 Å². The third kappa shape index (κ3) is 3.53. The Morgan fingerprint density at radius 3 is 2.65 bits per heavy atom. The largest absolute Gasteiger partial charge is 0.242 e. The molecule has 0 saturated heterocycles. The summed E-state index contributed by atoms with van der Waals surface area (Å²) >= 11 is 9.48. The second kappa shape index (κ2) is 6.44. The van der Waals surface area contributed by atoms with Crippen molar-refractivity contribution in [1.29, 1.82) is 5.26 Å². The molecular weight excluding hydrogens is 364 g/mol. The van der Waals surface area contributed by atoms with Gasteiger partial charge in [0.25, 0.3) is 0 Å². The van der Waals surface area contributed by atoms with E-state index in [9.17, 15) is 8.42 Å². The van der Waals surface area contributed by atoms with Crippen molar-refractivity contribution in [1.82, 2.24) is 4.72 Å². The summed E-state index contributed by atoms with van der Waals surface area (Å²) in [7, 11) is -3.67. The highest BCUT2D eigenvalue weighted by Crippen LogP contribution is 2.28. The molecule has 1 aromatic carbocycles. The number of nitriles is 1. The average Bonchev–Trinajstić information content (AvgIpc) is 2.40. The Labute approximate surface area is 132 Å². The predicted molar refractivity (Wildman–Crippen MR) is 81.5 cm³/mol. The summed E-state index contributed by atoms with van der Waals surface area (Å²) in [5.74, 6) is 0. The molecule has 2 unspecified atom stereocenters. The quantitative estimate of drug-likeness (QED) is 0.822. The maximum absolute atomic E-state index is 12.4. The molecule has 1 aliphatic rings. The van der Waals surface area contributed by atoms with Crippen LogP contribution in [0.25, 0.3) is 0 Å². The Balaban J connectivity index is 2.24. The highest BCUT2D eigenvalue weighted by Gasteiger charge is 2.28. The monoisotopic (exact) mass is 376 g/mol. The Hall–Kier alpha value is -0.610. The van der Waals surface area contributed by atoms with E-state index in [1.807, 2.05) is 6.07 Å². The molecule has 0 heterocycles. The van der Waals surface area contributed by atoms with Gasteiger partial charge in [-0.05, 0) is 31.0 Å². The number of hydrogen-bond acceptors (Lipinski definition) is 3. The molecule has 1 N–H and O–H groups in total. The van der Waals surface area contributed by atoms with Crippen LogP contribution in [0.1, 0.15) is 31.2 Å². The first-order valence-corrected chi connectivity index (χ1v) is 9.08. The summed E-state index contributed by atoms with van der Waals surface area (Å²) in [4.78, 5) is 0.159. The molecule has 0 radical (unpaired) electrons. The van der Waals surface area contributed by atoms with Crippen LogP contribution < -0.4 is 4.72 Å². The molecule has 7 heteroatoms. The first-order valence-electron chi connectivity index (χ1n) is 6.30. The van der Waals surface area contributed by atoms with Gasteiger partial charge in [0.05, 0.1) is 16.7 Å². The molecule has 4 nitrogen and oxygen atoms in total. The second-order valence-corrected chi connectivity index (χ2v) is 8.05. The highest BCUT2D eigenvalue weighted by molar-refractivity contribution is 9.09. The van der Waals surface area contributed by atoms with Gasteiger partial charge in [-0.25, -0.2) is 13.1 Å². The van der Waals surface area contributed by atoms with Crippen LogP contribution in [0.4, 0.5) is 0 Å². The summed E-state index contributed by atoms with van der Waals surface area (Å²) in [6.07, 6.45) is 3.87. The minimum atomic E-state index is -3.67. The number of benzene rings is 1. The molecule has 0 amide bonds. The molecule has 1 fully saturated rings. The van der Waals surface area contributed by atoms with Crippen LogP contribution >= 0.6 is 27.5 Å². The smallest absolute Gasteiger partial charge is 0.207 e. The van der Waals surface area contributed by atoms with Gasteiger partial charge in [-0.2, -0.15) is 5.26 Å². The highest BCUT2D eigenvalue weighted by atomic mass is 79.9. The van der Waals surface area contributed by atoms with E-state index in [0.29, 0.717) is 5.56 Å². The average molecular weight is 378 g/mol. The molecule has 0 bridgehead atoms. The van der Waals surface area contributed by atoms with Crippen molar-refractivity contribution < 1.29 is 8.42 Å². The van der Waals surface area contributed by atoms with E-state index in [0.717, 1.165) is 25.7 Å². The zero-order valence-corrected chi connectivity index (χ0v) is 13.8. The molecule has 1 aromatic rings. The van der Waals surface area contributed by atoms with Crippen LogP contribution in [0.5, 0.6) is 0 Å². The van der Waals surface area contributed by atoms with Crippen molar-refractivity contribution in [3.8, 4) is 6.07 Å². The maximum Gasteiger partial charge on any atom is 0.242 e. The van der Waals surface area contributed by atoms with Gasteiger partial charge in [0, 0.05) is 10.9 Å². The molecule has 2 rings (SSSR count). The summed E-state index contributed by atoms with van der Waals surface area (Å²) in [5, 5.41) is 8.84. The molecule has 1 aliphatic carbocycles. The number of rotatable bonds is 3. The number of nitrogens with zero attached hydrogens (tertiary/aromatic N) is 1. The normalized spacial score (nSPS) is 23.2. The van der Waals surface area contributed by atoms with Crippen molar-refractivity contribution in [2.24, 2.45) is 0 Å².